The fraction of sp³-hybridized carbons (Fsp3) is 0.786. The van der Waals surface area contributed by atoms with E-state index in [9.17, 15) is 5.11 Å². The zero-order chi connectivity index (χ0) is 14.6. The van der Waals surface area contributed by atoms with Crippen LogP contribution in [0, 0.1) is 6.92 Å². The number of aliphatic hydroxyl groups is 1. The molecular weight excluding hydrogens is 240 g/mol. The average molecular weight is 268 g/mol. The average Bonchev–Trinajstić information content (AvgIpc) is 2.58. The molecule has 0 radical (unpaired) electrons. The smallest absolute Gasteiger partial charge is 0.131 e. The first-order valence-electron chi connectivity index (χ1n) is 6.98. The van der Waals surface area contributed by atoms with Gasteiger partial charge in [0, 0.05) is 38.8 Å². The predicted octanol–water partition coefficient (Wildman–Crippen LogP) is 1.43. The van der Waals surface area contributed by atoms with Crippen LogP contribution in [0.4, 0.5) is 5.82 Å². The van der Waals surface area contributed by atoms with Crippen LogP contribution in [0.5, 0.6) is 0 Å². The van der Waals surface area contributed by atoms with Crippen molar-refractivity contribution in [2.75, 3.05) is 18.5 Å². The standard InChI is InChI=1S/C14H28N4O/c1-10(2)15-9-13-12(4)16-18(6)14(13)17(5)8-7-11(3)19/h10-11,15,19H,7-9H2,1-6H3. The fourth-order valence-corrected chi connectivity index (χ4v) is 2.17. The van der Waals surface area contributed by atoms with Gasteiger partial charge in [-0.25, -0.2) is 0 Å². The van der Waals surface area contributed by atoms with Crippen molar-refractivity contribution in [3.8, 4) is 0 Å². The van der Waals surface area contributed by atoms with E-state index in [1.165, 1.54) is 5.56 Å². The Morgan fingerprint density at radius 1 is 1.37 bits per heavy atom. The van der Waals surface area contributed by atoms with Crippen LogP contribution < -0.4 is 10.2 Å². The van der Waals surface area contributed by atoms with Crippen LogP contribution >= 0.6 is 0 Å². The lowest BCUT2D eigenvalue weighted by Gasteiger charge is -2.22. The van der Waals surface area contributed by atoms with Gasteiger partial charge >= 0.3 is 0 Å². The van der Waals surface area contributed by atoms with Crippen molar-refractivity contribution in [3.05, 3.63) is 11.3 Å². The highest BCUT2D eigenvalue weighted by molar-refractivity contribution is 5.49. The molecule has 0 aliphatic heterocycles. The first-order valence-corrected chi connectivity index (χ1v) is 6.98. The van der Waals surface area contributed by atoms with Gasteiger partial charge in [0.1, 0.15) is 5.82 Å². The number of nitrogens with zero attached hydrogens (tertiary/aromatic N) is 3. The SMILES string of the molecule is Cc1nn(C)c(N(C)CCC(C)O)c1CNC(C)C. The molecule has 0 aliphatic carbocycles. The van der Waals surface area contributed by atoms with Gasteiger partial charge in [0.05, 0.1) is 11.8 Å². The largest absolute Gasteiger partial charge is 0.393 e. The lowest BCUT2D eigenvalue weighted by Crippen LogP contribution is -2.27. The summed E-state index contributed by atoms with van der Waals surface area (Å²) in [5.74, 6) is 1.13. The third-order valence-corrected chi connectivity index (χ3v) is 3.24. The monoisotopic (exact) mass is 268 g/mol. The van der Waals surface area contributed by atoms with Gasteiger partial charge in [-0.2, -0.15) is 5.10 Å². The second-order valence-corrected chi connectivity index (χ2v) is 5.61. The predicted molar refractivity (Wildman–Crippen MR) is 79.5 cm³/mol. The molecule has 0 aromatic carbocycles. The van der Waals surface area contributed by atoms with E-state index < -0.39 is 0 Å². The maximum atomic E-state index is 9.41. The second-order valence-electron chi connectivity index (χ2n) is 5.61. The molecule has 0 amide bonds. The molecule has 5 nitrogen and oxygen atoms in total. The van der Waals surface area contributed by atoms with Crippen molar-refractivity contribution >= 4 is 5.82 Å². The number of hydrogen-bond donors (Lipinski definition) is 2. The minimum absolute atomic E-state index is 0.269. The molecule has 5 heteroatoms. The Labute approximate surface area is 116 Å². The number of aryl methyl sites for hydroxylation is 2. The molecule has 0 bridgehead atoms. The molecule has 1 unspecified atom stereocenters. The normalized spacial score (nSPS) is 13.1. The van der Waals surface area contributed by atoms with E-state index in [0.717, 1.165) is 31.0 Å². The summed E-state index contributed by atoms with van der Waals surface area (Å²) in [6.45, 7) is 9.80. The van der Waals surface area contributed by atoms with Gasteiger partial charge in [0.25, 0.3) is 0 Å². The summed E-state index contributed by atoms with van der Waals surface area (Å²) >= 11 is 0. The lowest BCUT2D eigenvalue weighted by atomic mass is 10.2. The van der Waals surface area contributed by atoms with E-state index in [1.54, 1.807) is 0 Å². The maximum Gasteiger partial charge on any atom is 0.131 e. The summed E-state index contributed by atoms with van der Waals surface area (Å²) in [4.78, 5) is 2.17. The third-order valence-electron chi connectivity index (χ3n) is 3.24. The Kier molecular flexibility index (Phi) is 5.82. The first kappa shape index (κ1) is 16.0. The maximum absolute atomic E-state index is 9.41. The summed E-state index contributed by atoms with van der Waals surface area (Å²) in [5.41, 5.74) is 2.30. The highest BCUT2D eigenvalue weighted by Crippen LogP contribution is 2.22. The van der Waals surface area contributed by atoms with Crippen LogP contribution in [0.1, 0.15) is 38.4 Å². The molecule has 2 N–H and O–H groups in total. The number of aliphatic hydroxyl groups excluding tert-OH is 1. The van der Waals surface area contributed by atoms with E-state index in [-0.39, 0.29) is 6.10 Å². The van der Waals surface area contributed by atoms with Crippen LogP contribution in [-0.4, -0.2) is 40.6 Å². The Balaban J connectivity index is 2.85. The van der Waals surface area contributed by atoms with Crippen molar-refractivity contribution in [1.29, 1.82) is 0 Å². The van der Waals surface area contributed by atoms with Gasteiger partial charge in [0.15, 0.2) is 0 Å². The van der Waals surface area contributed by atoms with Gasteiger partial charge in [-0.3, -0.25) is 4.68 Å². The molecule has 0 saturated carbocycles. The number of aromatic nitrogens is 2. The lowest BCUT2D eigenvalue weighted by molar-refractivity contribution is 0.186. The van der Waals surface area contributed by atoms with Crippen molar-refractivity contribution in [3.63, 3.8) is 0 Å². The van der Waals surface area contributed by atoms with Crippen molar-refractivity contribution in [2.45, 2.75) is 52.8 Å². The highest BCUT2D eigenvalue weighted by Gasteiger charge is 2.17. The topological polar surface area (TPSA) is 53.3 Å². The molecule has 0 aliphatic rings. The first-order chi connectivity index (χ1) is 8.82. The van der Waals surface area contributed by atoms with Crippen LogP contribution in [0.2, 0.25) is 0 Å². The zero-order valence-corrected chi connectivity index (χ0v) is 13.1. The van der Waals surface area contributed by atoms with Crippen molar-refractivity contribution in [1.82, 2.24) is 15.1 Å². The molecule has 19 heavy (non-hydrogen) atoms. The molecule has 1 rings (SSSR count). The fourth-order valence-electron chi connectivity index (χ4n) is 2.17. The Hall–Kier alpha value is -1.07. The Bertz CT molecular complexity index is 398. The van der Waals surface area contributed by atoms with Gasteiger partial charge in [-0.15, -0.1) is 0 Å². The molecule has 1 aromatic rings. The van der Waals surface area contributed by atoms with E-state index in [1.807, 2.05) is 25.6 Å². The van der Waals surface area contributed by atoms with Crippen molar-refractivity contribution < 1.29 is 5.11 Å². The molecule has 1 atom stereocenters. The van der Waals surface area contributed by atoms with E-state index in [4.69, 9.17) is 0 Å². The van der Waals surface area contributed by atoms with Crippen LogP contribution in [0.15, 0.2) is 0 Å². The minimum atomic E-state index is -0.269. The minimum Gasteiger partial charge on any atom is -0.393 e. The van der Waals surface area contributed by atoms with E-state index in [0.29, 0.717) is 6.04 Å². The van der Waals surface area contributed by atoms with E-state index >= 15 is 0 Å². The Morgan fingerprint density at radius 3 is 2.53 bits per heavy atom. The molecule has 1 heterocycles. The van der Waals surface area contributed by atoms with Crippen LogP contribution in [0.3, 0.4) is 0 Å². The summed E-state index contributed by atoms with van der Waals surface area (Å²) in [7, 11) is 4.03. The summed E-state index contributed by atoms with van der Waals surface area (Å²) < 4.78 is 1.93. The molecule has 0 saturated heterocycles. The van der Waals surface area contributed by atoms with Crippen molar-refractivity contribution in [2.24, 2.45) is 7.05 Å². The zero-order valence-electron chi connectivity index (χ0n) is 13.1. The number of rotatable bonds is 7. The molecule has 1 aromatic heterocycles. The summed E-state index contributed by atoms with van der Waals surface area (Å²) in [6, 6.07) is 0.454. The van der Waals surface area contributed by atoms with Gasteiger partial charge in [-0.05, 0) is 20.3 Å². The number of anilines is 1. The van der Waals surface area contributed by atoms with Gasteiger partial charge < -0.3 is 15.3 Å². The van der Waals surface area contributed by atoms with E-state index in [2.05, 4.69) is 36.2 Å². The molecule has 0 fully saturated rings. The van der Waals surface area contributed by atoms with Gasteiger partial charge in [0.2, 0.25) is 0 Å². The molecule has 110 valence electrons. The number of hydrogen-bond acceptors (Lipinski definition) is 4. The summed E-state index contributed by atoms with van der Waals surface area (Å²) in [5, 5.41) is 17.4. The summed E-state index contributed by atoms with van der Waals surface area (Å²) in [6.07, 6.45) is 0.492. The Morgan fingerprint density at radius 2 is 2.00 bits per heavy atom. The molecule has 0 spiro atoms. The van der Waals surface area contributed by atoms with Crippen LogP contribution in [-0.2, 0) is 13.6 Å². The number of nitrogens with one attached hydrogen (secondary N) is 1. The highest BCUT2D eigenvalue weighted by atomic mass is 16.3. The third kappa shape index (κ3) is 4.51. The quantitative estimate of drug-likeness (QED) is 0.785. The second kappa shape index (κ2) is 6.91. The molecular formula is C14H28N4O. The van der Waals surface area contributed by atoms with Gasteiger partial charge in [-0.1, -0.05) is 13.8 Å². The van der Waals surface area contributed by atoms with Crippen LogP contribution in [0.25, 0.3) is 0 Å².